The van der Waals surface area contributed by atoms with Gasteiger partial charge in [0.2, 0.25) is 5.91 Å². The van der Waals surface area contributed by atoms with Crippen LogP contribution in [0.4, 0.5) is 0 Å². The highest BCUT2D eigenvalue weighted by atomic mass is 16.5. The molecule has 2 amide bonds. The van der Waals surface area contributed by atoms with Crippen LogP contribution < -0.4 is 10.1 Å². The van der Waals surface area contributed by atoms with Crippen molar-refractivity contribution in [1.29, 1.82) is 0 Å². The number of ether oxygens (including phenoxy) is 1. The minimum Gasteiger partial charge on any atom is -0.484 e. The molecule has 0 radical (unpaired) electrons. The van der Waals surface area contributed by atoms with Crippen LogP contribution in [0.15, 0.2) is 48.5 Å². The van der Waals surface area contributed by atoms with Crippen molar-refractivity contribution in [3.63, 3.8) is 0 Å². The van der Waals surface area contributed by atoms with Gasteiger partial charge in [-0.15, -0.1) is 0 Å². The van der Waals surface area contributed by atoms with Gasteiger partial charge >= 0.3 is 0 Å². The topological polar surface area (TPSA) is 58.6 Å². The Morgan fingerprint density at radius 3 is 2.19 bits per heavy atom. The quantitative estimate of drug-likeness (QED) is 0.602. The Morgan fingerprint density at radius 2 is 1.61 bits per heavy atom. The highest BCUT2D eigenvalue weighted by Crippen LogP contribution is 2.19. The molecule has 1 atom stereocenters. The average molecular weight is 425 g/mol. The molecular formula is C26H36N2O3. The molecule has 0 aliphatic heterocycles. The van der Waals surface area contributed by atoms with E-state index in [0.717, 1.165) is 11.1 Å². The van der Waals surface area contributed by atoms with Crippen LogP contribution in [0.1, 0.15) is 57.2 Å². The minimum atomic E-state index is -0.599. The van der Waals surface area contributed by atoms with E-state index in [1.165, 1.54) is 5.56 Å². The van der Waals surface area contributed by atoms with Gasteiger partial charge in [0.05, 0.1) is 0 Å². The van der Waals surface area contributed by atoms with Gasteiger partial charge in [0.25, 0.3) is 5.91 Å². The fourth-order valence-electron chi connectivity index (χ4n) is 3.18. The number of carbonyl (C=O) groups is 2. The number of rotatable bonds is 10. The molecule has 5 nitrogen and oxygen atoms in total. The summed E-state index contributed by atoms with van der Waals surface area (Å²) < 4.78 is 5.76. The monoisotopic (exact) mass is 424 g/mol. The molecule has 0 fully saturated rings. The maximum Gasteiger partial charge on any atom is 0.261 e. The minimum absolute atomic E-state index is 0.116. The second-order valence-corrected chi connectivity index (χ2v) is 8.78. The summed E-state index contributed by atoms with van der Waals surface area (Å²) >= 11 is 0. The van der Waals surface area contributed by atoms with Gasteiger partial charge in [-0.1, -0.05) is 64.1 Å². The number of amides is 2. The lowest BCUT2D eigenvalue weighted by atomic mass is 10.0. The summed E-state index contributed by atoms with van der Waals surface area (Å²) in [7, 11) is 0. The van der Waals surface area contributed by atoms with Crippen molar-refractivity contribution in [1.82, 2.24) is 10.2 Å². The van der Waals surface area contributed by atoms with E-state index in [1.807, 2.05) is 69.3 Å². The molecule has 0 aliphatic carbocycles. The molecule has 2 aromatic rings. The zero-order valence-corrected chi connectivity index (χ0v) is 19.6. The molecule has 168 valence electrons. The molecule has 31 heavy (non-hydrogen) atoms. The zero-order chi connectivity index (χ0) is 23.0. The number of hydrogen-bond acceptors (Lipinski definition) is 3. The van der Waals surface area contributed by atoms with Crippen LogP contribution in [0.3, 0.4) is 0 Å². The maximum absolute atomic E-state index is 13.1. The van der Waals surface area contributed by atoms with Gasteiger partial charge in [0.1, 0.15) is 11.8 Å². The van der Waals surface area contributed by atoms with Crippen LogP contribution in [0.25, 0.3) is 0 Å². The Kier molecular flexibility index (Phi) is 9.10. The molecule has 0 bridgehead atoms. The predicted octanol–water partition coefficient (Wildman–Crippen LogP) is 4.69. The van der Waals surface area contributed by atoms with Crippen molar-refractivity contribution in [2.75, 3.05) is 13.2 Å². The predicted molar refractivity (Wildman–Crippen MR) is 125 cm³/mol. The van der Waals surface area contributed by atoms with Crippen LogP contribution in [0.2, 0.25) is 0 Å². The molecule has 0 saturated carbocycles. The molecule has 0 saturated heterocycles. The first kappa shape index (κ1) is 24.4. The molecule has 2 rings (SSSR count). The van der Waals surface area contributed by atoms with E-state index < -0.39 is 6.04 Å². The third-order valence-corrected chi connectivity index (χ3v) is 5.36. The summed E-state index contributed by atoms with van der Waals surface area (Å²) in [4.78, 5) is 27.4. The van der Waals surface area contributed by atoms with E-state index in [2.05, 4.69) is 19.2 Å². The second-order valence-electron chi connectivity index (χ2n) is 8.78. The highest BCUT2D eigenvalue weighted by Gasteiger charge is 2.27. The van der Waals surface area contributed by atoms with Crippen molar-refractivity contribution in [2.24, 2.45) is 5.92 Å². The van der Waals surface area contributed by atoms with Crippen LogP contribution in [0, 0.1) is 12.8 Å². The number of benzene rings is 2. The van der Waals surface area contributed by atoms with Gasteiger partial charge in [0, 0.05) is 13.1 Å². The molecule has 0 spiro atoms. The first-order chi connectivity index (χ1) is 14.7. The molecule has 5 heteroatoms. The second kappa shape index (κ2) is 11.5. The summed E-state index contributed by atoms with van der Waals surface area (Å²) in [5, 5.41) is 2.93. The van der Waals surface area contributed by atoms with E-state index in [1.54, 1.807) is 11.8 Å². The highest BCUT2D eigenvalue weighted by molar-refractivity contribution is 5.88. The average Bonchev–Trinajstić information content (AvgIpc) is 2.75. The number of carbonyl (C=O) groups excluding carboxylic acids is 2. The summed E-state index contributed by atoms with van der Waals surface area (Å²) in [5.41, 5.74) is 3.32. The van der Waals surface area contributed by atoms with Crippen LogP contribution in [0.5, 0.6) is 5.75 Å². The van der Waals surface area contributed by atoms with E-state index in [4.69, 9.17) is 4.74 Å². The van der Waals surface area contributed by atoms with Crippen molar-refractivity contribution in [3.05, 3.63) is 65.2 Å². The van der Waals surface area contributed by atoms with E-state index >= 15 is 0 Å². The summed E-state index contributed by atoms with van der Waals surface area (Å²) in [6, 6.07) is 15.1. The van der Waals surface area contributed by atoms with E-state index in [0.29, 0.717) is 30.7 Å². The van der Waals surface area contributed by atoms with Crippen LogP contribution in [-0.2, 0) is 16.1 Å². The third-order valence-electron chi connectivity index (χ3n) is 5.36. The molecule has 0 aliphatic rings. The van der Waals surface area contributed by atoms with Crippen molar-refractivity contribution < 1.29 is 14.3 Å². The van der Waals surface area contributed by atoms with Gasteiger partial charge in [-0.2, -0.15) is 0 Å². The summed E-state index contributed by atoms with van der Waals surface area (Å²) in [6.07, 6.45) is 0. The Bertz CT molecular complexity index is 859. The molecular weight excluding hydrogens is 388 g/mol. The smallest absolute Gasteiger partial charge is 0.261 e. The third kappa shape index (κ3) is 7.42. The van der Waals surface area contributed by atoms with Gasteiger partial charge in [-0.25, -0.2) is 0 Å². The van der Waals surface area contributed by atoms with Crippen molar-refractivity contribution >= 4 is 11.8 Å². The summed E-state index contributed by atoms with van der Waals surface area (Å²) in [6.45, 7) is 12.9. The molecule has 2 aromatic carbocycles. The van der Waals surface area contributed by atoms with Gasteiger partial charge in [0.15, 0.2) is 6.61 Å². The lowest BCUT2D eigenvalue weighted by Gasteiger charge is -2.29. The lowest BCUT2D eigenvalue weighted by molar-refractivity contribution is -0.142. The standard InChI is InChI=1S/C26H36N2O3/c1-18(2)15-27-26(30)21(6)28(16-23-10-8-7-9-20(23)5)25(29)17-31-24-13-11-22(12-14-24)19(3)4/h7-14,18-19,21H,15-17H2,1-6H3,(H,27,30)/t21-/m1/s1. The van der Waals surface area contributed by atoms with Crippen molar-refractivity contribution in [3.8, 4) is 5.75 Å². The molecule has 0 aromatic heterocycles. The van der Waals surface area contributed by atoms with Crippen molar-refractivity contribution in [2.45, 2.75) is 60.0 Å². The fourth-order valence-corrected chi connectivity index (χ4v) is 3.18. The molecule has 0 heterocycles. The maximum atomic E-state index is 13.1. The number of nitrogens with one attached hydrogen (secondary N) is 1. The number of aryl methyl sites for hydroxylation is 1. The SMILES string of the molecule is Cc1ccccc1CN(C(=O)COc1ccc(C(C)C)cc1)[C@H](C)C(=O)NCC(C)C. The van der Waals surface area contributed by atoms with E-state index in [9.17, 15) is 9.59 Å². The molecule has 0 unspecified atom stereocenters. The van der Waals surface area contributed by atoms with Gasteiger partial charge < -0.3 is 15.0 Å². The fraction of sp³-hybridized carbons (Fsp3) is 0.462. The largest absolute Gasteiger partial charge is 0.484 e. The van der Waals surface area contributed by atoms with Crippen LogP contribution in [-0.4, -0.2) is 35.9 Å². The Hall–Kier alpha value is -2.82. The Balaban J connectivity index is 2.12. The molecule has 1 N–H and O–H groups in total. The van der Waals surface area contributed by atoms with Crippen LogP contribution >= 0.6 is 0 Å². The first-order valence-corrected chi connectivity index (χ1v) is 11.0. The lowest BCUT2D eigenvalue weighted by Crippen LogP contribution is -2.49. The summed E-state index contributed by atoms with van der Waals surface area (Å²) in [5.74, 6) is 1.05. The number of nitrogens with zero attached hydrogens (tertiary/aromatic N) is 1. The van der Waals surface area contributed by atoms with Gasteiger partial charge in [-0.3, -0.25) is 9.59 Å². The van der Waals surface area contributed by atoms with Gasteiger partial charge in [-0.05, 0) is 54.5 Å². The Labute approximate surface area is 186 Å². The Morgan fingerprint density at radius 1 is 0.968 bits per heavy atom. The van der Waals surface area contributed by atoms with E-state index in [-0.39, 0.29) is 18.4 Å². The zero-order valence-electron chi connectivity index (χ0n) is 19.6. The first-order valence-electron chi connectivity index (χ1n) is 11.0. The number of hydrogen-bond donors (Lipinski definition) is 1. The normalized spacial score (nSPS) is 12.0.